The Balaban J connectivity index is 1.63. The fourth-order valence-electron chi connectivity index (χ4n) is 3.76. The lowest BCUT2D eigenvalue weighted by atomic mass is 9.90. The molecule has 6 nitrogen and oxygen atoms in total. The highest BCUT2D eigenvalue weighted by Crippen LogP contribution is 2.35. The van der Waals surface area contributed by atoms with E-state index in [1.54, 1.807) is 11.0 Å². The summed E-state index contributed by atoms with van der Waals surface area (Å²) in [4.78, 5) is 28.5. The van der Waals surface area contributed by atoms with Gasteiger partial charge in [-0.05, 0) is 31.5 Å². The van der Waals surface area contributed by atoms with Crippen molar-refractivity contribution in [2.45, 2.75) is 51.2 Å². The first-order valence-corrected chi connectivity index (χ1v) is 9.50. The van der Waals surface area contributed by atoms with Gasteiger partial charge in [-0.3, -0.25) is 4.79 Å². The maximum atomic E-state index is 12.7. The number of ether oxygens (including phenoxy) is 1. The van der Waals surface area contributed by atoms with Gasteiger partial charge in [0.05, 0.1) is 11.6 Å². The maximum absolute atomic E-state index is 12.7. The number of halogens is 1. The van der Waals surface area contributed by atoms with Crippen molar-refractivity contribution < 1.29 is 19.4 Å². The van der Waals surface area contributed by atoms with Crippen LogP contribution in [0.15, 0.2) is 18.2 Å². The molecule has 2 fully saturated rings. The number of carbonyl (C=O) groups excluding carboxylic acids is 2. The summed E-state index contributed by atoms with van der Waals surface area (Å²) < 4.78 is 5.73. The average molecular weight is 381 g/mol. The van der Waals surface area contributed by atoms with Gasteiger partial charge in [0.25, 0.3) is 5.91 Å². The lowest BCUT2D eigenvalue weighted by Gasteiger charge is -2.37. The predicted molar refractivity (Wildman–Crippen MR) is 98.5 cm³/mol. The summed E-state index contributed by atoms with van der Waals surface area (Å²) in [5.41, 5.74) is -0.0343. The average Bonchev–Trinajstić information content (AvgIpc) is 2.94. The topological polar surface area (TPSA) is 70.1 Å². The second kappa shape index (κ2) is 7.35. The van der Waals surface area contributed by atoms with E-state index in [4.69, 9.17) is 16.3 Å². The van der Waals surface area contributed by atoms with Crippen molar-refractivity contribution in [2.75, 3.05) is 19.6 Å². The van der Waals surface area contributed by atoms with Gasteiger partial charge in [-0.15, -0.1) is 0 Å². The number of amides is 2. The van der Waals surface area contributed by atoms with Crippen molar-refractivity contribution in [3.8, 4) is 5.75 Å². The molecule has 1 aromatic rings. The number of aromatic hydroxyl groups is 1. The third-order valence-corrected chi connectivity index (χ3v) is 5.69. The van der Waals surface area contributed by atoms with Gasteiger partial charge in [0, 0.05) is 37.5 Å². The molecule has 2 heterocycles. The van der Waals surface area contributed by atoms with Crippen LogP contribution in [-0.4, -0.2) is 58.2 Å². The highest BCUT2D eigenvalue weighted by atomic mass is 35.5. The summed E-state index contributed by atoms with van der Waals surface area (Å²) in [5.74, 6) is -0.165. The lowest BCUT2D eigenvalue weighted by molar-refractivity contribution is 0.00307. The zero-order valence-corrected chi connectivity index (χ0v) is 16.0. The molecule has 1 spiro atoms. The second-order valence-corrected chi connectivity index (χ2v) is 7.68. The Labute approximate surface area is 158 Å². The van der Waals surface area contributed by atoms with Crippen molar-refractivity contribution in [2.24, 2.45) is 0 Å². The fraction of sp³-hybridized carbons (Fsp3) is 0.579. The van der Waals surface area contributed by atoms with Gasteiger partial charge in [0.1, 0.15) is 11.4 Å². The van der Waals surface area contributed by atoms with Gasteiger partial charge in [0.15, 0.2) is 0 Å². The van der Waals surface area contributed by atoms with E-state index in [0.29, 0.717) is 38.0 Å². The molecule has 1 aromatic carbocycles. The van der Waals surface area contributed by atoms with Crippen molar-refractivity contribution in [1.82, 2.24) is 9.80 Å². The van der Waals surface area contributed by atoms with Gasteiger partial charge in [-0.2, -0.15) is 0 Å². The number of phenolic OH excluding ortho intramolecular Hbond substituents is 1. The molecule has 0 aliphatic carbocycles. The number of piperidine rings is 1. The van der Waals surface area contributed by atoms with Crippen LogP contribution in [0.3, 0.4) is 0 Å². The summed E-state index contributed by atoms with van der Waals surface area (Å²) in [6.45, 7) is 5.81. The number of benzene rings is 1. The molecule has 3 rings (SSSR count). The van der Waals surface area contributed by atoms with Crippen molar-refractivity contribution in [3.05, 3.63) is 28.8 Å². The third-order valence-electron chi connectivity index (χ3n) is 5.39. The van der Waals surface area contributed by atoms with E-state index in [1.807, 2.05) is 4.90 Å². The van der Waals surface area contributed by atoms with Gasteiger partial charge in [0.2, 0.25) is 0 Å². The van der Waals surface area contributed by atoms with Crippen LogP contribution in [0, 0.1) is 0 Å². The van der Waals surface area contributed by atoms with Gasteiger partial charge >= 0.3 is 6.09 Å². The van der Waals surface area contributed by atoms with E-state index in [1.165, 1.54) is 12.1 Å². The molecule has 2 amide bonds. The van der Waals surface area contributed by atoms with E-state index in [9.17, 15) is 14.7 Å². The summed E-state index contributed by atoms with van der Waals surface area (Å²) in [5, 5.41) is 9.66. The van der Waals surface area contributed by atoms with Crippen molar-refractivity contribution >= 4 is 23.6 Å². The Morgan fingerprint density at radius 2 is 2.08 bits per heavy atom. The van der Waals surface area contributed by atoms with E-state index in [0.717, 1.165) is 12.8 Å². The number of hydrogen-bond acceptors (Lipinski definition) is 4. The molecule has 1 atom stereocenters. The molecule has 2 aliphatic rings. The van der Waals surface area contributed by atoms with Crippen LogP contribution in [0.4, 0.5) is 4.79 Å². The highest BCUT2D eigenvalue weighted by Gasteiger charge is 2.48. The molecule has 26 heavy (non-hydrogen) atoms. The molecule has 2 aliphatic heterocycles. The van der Waals surface area contributed by atoms with E-state index in [2.05, 4.69) is 13.8 Å². The molecular weight excluding hydrogens is 356 g/mol. The van der Waals surface area contributed by atoms with Crippen LogP contribution in [0.25, 0.3) is 0 Å². The second-order valence-electron chi connectivity index (χ2n) is 7.27. The Hall–Kier alpha value is -1.95. The number of carbonyl (C=O) groups is 2. The summed E-state index contributed by atoms with van der Waals surface area (Å²) in [6.07, 6.45) is 3.00. The van der Waals surface area contributed by atoms with Crippen LogP contribution in [-0.2, 0) is 4.74 Å². The largest absolute Gasteiger partial charge is 0.506 e. The van der Waals surface area contributed by atoms with Crippen LogP contribution < -0.4 is 0 Å². The van der Waals surface area contributed by atoms with Crippen molar-refractivity contribution in [1.29, 1.82) is 0 Å². The Morgan fingerprint density at radius 3 is 2.69 bits per heavy atom. The molecule has 7 heteroatoms. The van der Waals surface area contributed by atoms with Gasteiger partial charge < -0.3 is 19.6 Å². The minimum Gasteiger partial charge on any atom is -0.506 e. The Kier molecular flexibility index (Phi) is 5.32. The molecular formula is C19H25ClN2O4. The zero-order valence-electron chi connectivity index (χ0n) is 15.2. The molecule has 0 bridgehead atoms. The van der Waals surface area contributed by atoms with Crippen molar-refractivity contribution in [3.63, 3.8) is 0 Å². The summed E-state index contributed by atoms with van der Waals surface area (Å²) in [7, 11) is 0. The lowest BCUT2D eigenvalue weighted by Crippen LogP contribution is -2.49. The van der Waals surface area contributed by atoms with E-state index in [-0.39, 0.29) is 28.8 Å². The molecule has 1 N–H and O–H groups in total. The zero-order chi connectivity index (χ0) is 18.9. The maximum Gasteiger partial charge on any atom is 0.410 e. The van der Waals surface area contributed by atoms with Gasteiger partial charge in [-0.1, -0.05) is 24.9 Å². The number of likely N-dealkylation sites (tertiary alicyclic amines) is 1. The first-order chi connectivity index (χ1) is 12.3. The first kappa shape index (κ1) is 18.8. The molecule has 142 valence electrons. The quantitative estimate of drug-likeness (QED) is 0.865. The number of hydrogen-bond donors (Lipinski definition) is 1. The predicted octanol–water partition coefficient (Wildman–Crippen LogP) is 3.66. The third kappa shape index (κ3) is 3.61. The monoisotopic (exact) mass is 380 g/mol. The van der Waals surface area contributed by atoms with Crippen LogP contribution in [0.5, 0.6) is 5.75 Å². The molecule has 0 saturated carbocycles. The molecule has 0 aromatic heterocycles. The minimum absolute atomic E-state index is 0.0417. The van der Waals surface area contributed by atoms with Crippen LogP contribution >= 0.6 is 11.6 Å². The SMILES string of the molecule is CCC[C@H](C)N1CC2(CCN(C(=O)c3ccc(O)c(Cl)c3)CC2)OC1=O. The molecule has 2 saturated heterocycles. The van der Waals surface area contributed by atoms with E-state index < -0.39 is 5.60 Å². The number of rotatable bonds is 4. The fourth-order valence-corrected chi connectivity index (χ4v) is 3.94. The van der Waals surface area contributed by atoms with E-state index >= 15 is 0 Å². The number of phenols is 1. The summed E-state index contributed by atoms with van der Waals surface area (Å²) >= 11 is 5.90. The standard InChI is InChI=1S/C19H25ClN2O4/c1-3-4-13(2)22-12-19(26-18(22)25)7-9-21(10-8-19)17(24)14-5-6-16(23)15(20)11-14/h5-6,11,13,23H,3-4,7-10,12H2,1-2H3/t13-/m0/s1. The smallest absolute Gasteiger partial charge is 0.410 e. The highest BCUT2D eigenvalue weighted by molar-refractivity contribution is 6.32. The molecule has 0 unspecified atom stereocenters. The Bertz CT molecular complexity index is 701. The first-order valence-electron chi connectivity index (χ1n) is 9.12. The Morgan fingerprint density at radius 1 is 1.38 bits per heavy atom. The summed E-state index contributed by atoms with van der Waals surface area (Å²) in [6, 6.07) is 4.64. The molecule has 0 radical (unpaired) electrons. The van der Waals surface area contributed by atoms with Crippen LogP contribution in [0.2, 0.25) is 5.02 Å². The van der Waals surface area contributed by atoms with Gasteiger partial charge in [-0.25, -0.2) is 4.79 Å². The van der Waals surface area contributed by atoms with Crippen LogP contribution in [0.1, 0.15) is 49.9 Å². The normalized spacial score (nSPS) is 20.3. The number of nitrogens with zero attached hydrogens (tertiary/aromatic N) is 2. The minimum atomic E-state index is -0.484.